The van der Waals surface area contributed by atoms with E-state index in [1.165, 1.54) is 0 Å². The number of hydrogen-bond donors (Lipinski definition) is 2. The fourth-order valence-corrected chi connectivity index (χ4v) is 3.65. The fraction of sp³-hybridized carbons (Fsp3) is 0.412. The quantitative estimate of drug-likeness (QED) is 0.838. The summed E-state index contributed by atoms with van der Waals surface area (Å²) in [6, 6.07) is 5.52. The second-order valence-electron chi connectivity index (χ2n) is 6.03. The van der Waals surface area contributed by atoms with Crippen LogP contribution in [-0.4, -0.2) is 24.1 Å². The van der Waals surface area contributed by atoms with E-state index in [1.807, 2.05) is 31.2 Å². The summed E-state index contributed by atoms with van der Waals surface area (Å²) in [5.41, 5.74) is 1.59. The highest BCUT2D eigenvalue weighted by Gasteiger charge is 2.51. The molecule has 0 radical (unpaired) electrons. The molecule has 0 aromatic heterocycles. The number of carbonyl (C=O) groups excluding carboxylic acids is 1. The van der Waals surface area contributed by atoms with Crippen molar-refractivity contribution in [3.05, 3.63) is 35.9 Å². The molecular formula is C17H19NO4. The zero-order valence-electron chi connectivity index (χ0n) is 12.6. The first-order valence-corrected chi connectivity index (χ1v) is 7.38. The van der Waals surface area contributed by atoms with Crippen molar-refractivity contribution in [2.24, 2.45) is 23.7 Å². The molecule has 22 heavy (non-hydrogen) atoms. The number of methoxy groups -OCH3 is 1. The Kier molecular flexibility index (Phi) is 3.64. The molecule has 3 rings (SSSR count). The third kappa shape index (κ3) is 2.36. The molecule has 2 bridgehead atoms. The van der Waals surface area contributed by atoms with Crippen molar-refractivity contribution in [2.45, 2.75) is 13.3 Å². The number of anilines is 1. The third-order valence-electron chi connectivity index (χ3n) is 4.66. The zero-order chi connectivity index (χ0) is 15.9. The molecule has 0 spiro atoms. The van der Waals surface area contributed by atoms with Crippen LogP contribution in [0.15, 0.2) is 30.4 Å². The average Bonchev–Trinajstić information content (AvgIpc) is 3.08. The Morgan fingerprint density at radius 2 is 1.91 bits per heavy atom. The van der Waals surface area contributed by atoms with E-state index in [1.54, 1.807) is 13.2 Å². The zero-order valence-corrected chi connectivity index (χ0v) is 12.6. The van der Waals surface area contributed by atoms with Gasteiger partial charge in [-0.1, -0.05) is 18.2 Å². The Bertz CT molecular complexity index is 652. The molecule has 1 saturated carbocycles. The molecule has 4 atom stereocenters. The molecule has 5 heteroatoms. The first kappa shape index (κ1) is 14.6. The number of rotatable bonds is 4. The van der Waals surface area contributed by atoms with Gasteiger partial charge in [-0.25, -0.2) is 0 Å². The molecule has 2 aliphatic rings. The summed E-state index contributed by atoms with van der Waals surface area (Å²) in [6.45, 7) is 1.93. The summed E-state index contributed by atoms with van der Waals surface area (Å²) >= 11 is 0. The van der Waals surface area contributed by atoms with Gasteiger partial charge in [0.15, 0.2) is 0 Å². The van der Waals surface area contributed by atoms with Crippen molar-refractivity contribution in [1.82, 2.24) is 0 Å². The number of carbonyl (C=O) groups is 2. The predicted molar refractivity (Wildman–Crippen MR) is 81.7 cm³/mol. The Labute approximate surface area is 129 Å². The van der Waals surface area contributed by atoms with E-state index in [2.05, 4.69) is 5.32 Å². The largest absolute Gasteiger partial charge is 0.495 e. The molecule has 1 fully saturated rings. The fourth-order valence-electron chi connectivity index (χ4n) is 3.65. The lowest BCUT2D eigenvalue weighted by Gasteiger charge is -2.24. The molecule has 5 nitrogen and oxygen atoms in total. The van der Waals surface area contributed by atoms with Gasteiger partial charge in [-0.3, -0.25) is 9.59 Å². The number of allylic oxidation sites excluding steroid dienone is 2. The maximum atomic E-state index is 12.6. The van der Waals surface area contributed by atoms with Crippen LogP contribution < -0.4 is 10.1 Å². The Morgan fingerprint density at radius 3 is 2.55 bits per heavy atom. The normalized spacial score (nSPS) is 28.6. The van der Waals surface area contributed by atoms with Crippen LogP contribution in [0.25, 0.3) is 0 Å². The van der Waals surface area contributed by atoms with Crippen molar-refractivity contribution in [3.8, 4) is 5.75 Å². The molecular weight excluding hydrogens is 282 g/mol. The minimum absolute atomic E-state index is 0.0157. The van der Waals surface area contributed by atoms with Gasteiger partial charge in [0.25, 0.3) is 0 Å². The Balaban J connectivity index is 1.84. The maximum Gasteiger partial charge on any atom is 0.307 e. The number of carboxylic acids is 1. The second kappa shape index (κ2) is 5.48. The van der Waals surface area contributed by atoms with Crippen molar-refractivity contribution in [1.29, 1.82) is 0 Å². The monoisotopic (exact) mass is 301 g/mol. The van der Waals surface area contributed by atoms with Gasteiger partial charge in [-0.2, -0.15) is 0 Å². The van der Waals surface area contributed by atoms with Crippen LogP contribution in [0.5, 0.6) is 5.75 Å². The standard InChI is InChI=1S/C17H19NO4/c1-9-3-6-13(22-2)12(7-9)18-16(19)14-10-4-5-11(8-10)15(14)17(20)21/h3-7,10-11,14-15H,8H2,1-2H3,(H,18,19)(H,20,21)/t10-,11+,14-,15-/m0/s1. The number of aliphatic carboxylic acids is 1. The number of carboxylic acid groups (broad SMARTS) is 1. The summed E-state index contributed by atoms with van der Waals surface area (Å²) in [7, 11) is 1.54. The van der Waals surface area contributed by atoms with Gasteiger partial charge in [0, 0.05) is 0 Å². The third-order valence-corrected chi connectivity index (χ3v) is 4.66. The molecule has 1 aromatic rings. The summed E-state index contributed by atoms with van der Waals surface area (Å²) in [5, 5.41) is 12.3. The van der Waals surface area contributed by atoms with Gasteiger partial charge in [0.2, 0.25) is 5.91 Å². The van der Waals surface area contributed by atoms with Gasteiger partial charge < -0.3 is 15.2 Å². The molecule has 0 unspecified atom stereocenters. The Hall–Kier alpha value is -2.30. The molecule has 0 aliphatic heterocycles. The van der Waals surface area contributed by atoms with E-state index in [4.69, 9.17) is 4.74 Å². The van der Waals surface area contributed by atoms with E-state index in [0.29, 0.717) is 11.4 Å². The average molecular weight is 301 g/mol. The first-order valence-electron chi connectivity index (χ1n) is 7.38. The summed E-state index contributed by atoms with van der Waals surface area (Å²) in [6.07, 6.45) is 4.66. The van der Waals surface area contributed by atoms with E-state index >= 15 is 0 Å². The predicted octanol–water partition coefficient (Wildman–Crippen LogP) is 2.47. The van der Waals surface area contributed by atoms with Crippen molar-refractivity contribution < 1.29 is 19.4 Å². The van der Waals surface area contributed by atoms with Crippen molar-refractivity contribution in [3.63, 3.8) is 0 Å². The van der Waals surface area contributed by atoms with Crippen LogP contribution in [0.2, 0.25) is 0 Å². The molecule has 2 aliphatic carbocycles. The van der Waals surface area contributed by atoms with Crippen LogP contribution in [0.4, 0.5) is 5.69 Å². The number of fused-ring (bicyclic) bond motifs is 2. The summed E-state index contributed by atoms with van der Waals surface area (Å²) < 4.78 is 5.26. The number of hydrogen-bond acceptors (Lipinski definition) is 3. The van der Waals surface area contributed by atoms with E-state index < -0.39 is 17.8 Å². The van der Waals surface area contributed by atoms with E-state index in [-0.39, 0.29) is 17.7 Å². The molecule has 0 saturated heterocycles. The lowest BCUT2D eigenvalue weighted by atomic mass is 9.82. The minimum atomic E-state index is -0.895. The van der Waals surface area contributed by atoms with E-state index in [9.17, 15) is 14.7 Å². The number of nitrogens with one attached hydrogen (secondary N) is 1. The van der Waals surface area contributed by atoms with Crippen molar-refractivity contribution >= 4 is 17.6 Å². The molecule has 1 aromatic carbocycles. The molecule has 116 valence electrons. The number of benzene rings is 1. The van der Waals surface area contributed by atoms with Crippen LogP contribution >= 0.6 is 0 Å². The smallest absolute Gasteiger partial charge is 0.307 e. The second-order valence-corrected chi connectivity index (χ2v) is 6.03. The van der Waals surface area contributed by atoms with Crippen LogP contribution in [0.1, 0.15) is 12.0 Å². The summed E-state index contributed by atoms with van der Waals surface area (Å²) in [5.74, 6) is -1.73. The Morgan fingerprint density at radius 1 is 1.23 bits per heavy atom. The van der Waals surface area contributed by atoms with Crippen LogP contribution in [0, 0.1) is 30.6 Å². The van der Waals surface area contributed by atoms with E-state index in [0.717, 1.165) is 12.0 Å². The van der Waals surface area contributed by atoms with Gasteiger partial charge in [-0.15, -0.1) is 0 Å². The van der Waals surface area contributed by atoms with Gasteiger partial charge in [-0.05, 0) is 42.9 Å². The number of aryl methyl sites for hydroxylation is 1. The SMILES string of the molecule is COc1ccc(C)cc1NC(=O)[C@@H]1[C@@H](C(=O)O)[C@@H]2C=C[C@H]1C2. The molecule has 2 N–H and O–H groups in total. The number of ether oxygens (including phenoxy) is 1. The highest BCUT2D eigenvalue weighted by Crippen LogP contribution is 2.48. The van der Waals surface area contributed by atoms with Gasteiger partial charge in [0.05, 0.1) is 24.6 Å². The maximum absolute atomic E-state index is 12.6. The molecule has 1 amide bonds. The van der Waals surface area contributed by atoms with Crippen LogP contribution in [-0.2, 0) is 9.59 Å². The lowest BCUT2D eigenvalue weighted by molar-refractivity contribution is -0.146. The summed E-state index contributed by atoms with van der Waals surface area (Å²) in [4.78, 5) is 24.1. The van der Waals surface area contributed by atoms with Gasteiger partial charge >= 0.3 is 5.97 Å². The topological polar surface area (TPSA) is 75.6 Å². The lowest BCUT2D eigenvalue weighted by Crippen LogP contribution is -2.36. The highest BCUT2D eigenvalue weighted by molar-refractivity contribution is 5.97. The van der Waals surface area contributed by atoms with Crippen molar-refractivity contribution in [2.75, 3.05) is 12.4 Å². The van der Waals surface area contributed by atoms with Crippen LogP contribution in [0.3, 0.4) is 0 Å². The minimum Gasteiger partial charge on any atom is -0.495 e. The number of amides is 1. The van der Waals surface area contributed by atoms with Gasteiger partial charge in [0.1, 0.15) is 5.75 Å². The molecule has 0 heterocycles. The highest BCUT2D eigenvalue weighted by atomic mass is 16.5. The first-order chi connectivity index (χ1) is 10.5.